The Labute approximate surface area is 322 Å². The zero-order valence-electron chi connectivity index (χ0n) is 31.0. The van der Waals surface area contributed by atoms with Crippen LogP contribution < -0.4 is 4.90 Å². The van der Waals surface area contributed by atoms with E-state index in [0.717, 1.165) is 5.69 Å². The van der Waals surface area contributed by atoms with Crippen molar-refractivity contribution in [2.45, 2.75) is 24.7 Å². The molecule has 260 valence electrons. The van der Waals surface area contributed by atoms with Gasteiger partial charge in [0.05, 0.1) is 16.8 Å². The molecule has 2 aliphatic carbocycles. The lowest BCUT2D eigenvalue weighted by atomic mass is 9.68. The fraction of sp³-hybridized carbons (Fsp3) is 0.0741. The van der Waals surface area contributed by atoms with Crippen LogP contribution in [0.5, 0.6) is 0 Å². The second kappa shape index (κ2) is 11.9. The van der Waals surface area contributed by atoms with Crippen LogP contribution in [-0.4, -0.2) is 0 Å². The third-order valence-electron chi connectivity index (χ3n) is 12.5. The molecule has 0 saturated heterocycles. The van der Waals surface area contributed by atoms with Crippen molar-refractivity contribution < 1.29 is 0 Å². The van der Waals surface area contributed by atoms with E-state index in [1.807, 2.05) is 0 Å². The minimum absolute atomic E-state index is 0.139. The van der Waals surface area contributed by atoms with Gasteiger partial charge in [-0.15, -0.1) is 0 Å². The number of hydrogen-bond donors (Lipinski definition) is 0. The molecule has 0 radical (unpaired) electrons. The maximum atomic E-state index is 2.57. The predicted molar refractivity (Wildman–Crippen MR) is 231 cm³/mol. The molecule has 2 aliphatic rings. The molecule has 0 aliphatic heterocycles. The Balaban J connectivity index is 1.26. The minimum atomic E-state index is -0.497. The second-order valence-electron chi connectivity index (χ2n) is 15.6. The van der Waals surface area contributed by atoms with Crippen LogP contribution in [-0.2, 0) is 10.8 Å². The molecule has 0 unspecified atom stereocenters. The Morgan fingerprint density at radius 3 is 1.67 bits per heavy atom. The molecule has 0 spiro atoms. The van der Waals surface area contributed by atoms with E-state index in [9.17, 15) is 0 Å². The Bertz CT molecular complexity index is 2920. The number of rotatable bonds is 5. The SMILES string of the molecule is CC1(C)c2ccccc2-c2ccc(N(c3cccc4c3-c3ccccc3C4(c3ccccc3)c3ccccc3)c3cc4ccccc4c4ccccc34)cc21. The summed E-state index contributed by atoms with van der Waals surface area (Å²) in [5, 5.41) is 4.98. The fourth-order valence-corrected chi connectivity index (χ4v) is 10.1. The average molecular weight is 702 g/mol. The zero-order chi connectivity index (χ0) is 36.7. The van der Waals surface area contributed by atoms with Gasteiger partial charge in [-0.05, 0) is 90.5 Å². The molecular formula is C54H39N. The first-order chi connectivity index (χ1) is 27.1. The number of hydrogen-bond acceptors (Lipinski definition) is 1. The maximum Gasteiger partial charge on any atom is 0.0714 e. The summed E-state index contributed by atoms with van der Waals surface area (Å²) in [6.07, 6.45) is 0. The molecule has 0 fully saturated rings. The monoisotopic (exact) mass is 701 g/mol. The van der Waals surface area contributed by atoms with Gasteiger partial charge in [0.1, 0.15) is 0 Å². The van der Waals surface area contributed by atoms with Gasteiger partial charge in [0.15, 0.2) is 0 Å². The molecule has 1 heteroatoms. The average Bonchev–Trinajstić information content (AvgIpc) is 3.68. The number of nitrogens with zero attached hydrogens (tertiary/aromatic N) is 1. The van der Waals surface area contributed by atoms with Crippen molar-refractivity contribution in [1.82, 2.24) is 0 Å². The van der Waals surface area contributed by atoms with E-state index in [1.165, 1.54) is 88.6 Å². The zero-order valence-corrected chi connectivity index (χ0v) is 31.0. The summed E-state index contributed by atoms with van der Waals surface area (Å²) in [6, 6.07) is 74.6. The quantitative estimate of drug-likeness (QED) is 0.162. The van der Waals surface area contributed by atoms with Crippen LogP contribution >= 0.6 is 0 Å². The van der Waals surface area contributed by atoms with Gasteiger partial charge in [0.25, 0.3) is 0 Å². The van der Waals surface area contributed by atoms with Gasteiger partial charge in [-0.25, -0.2) is 0 Å². The summed E-state index contributed by atoms with van der Waals surface area (Å²) < 4.78 is 0. The highest BCUT2D eigenvalue weighted by Crippen LogP contribution is 2.60. The first kappa shape index (κ1) is 31.8. The number of fused-ring (bicyclic) bond motifs is 9. The van der Waals surface area contributed by atoms with E-state index < -0.39 is 5.41 Å². The maximum absolute atomic E-state index is 2.57. The van der Waals surface area contributed by atoms with Gasteiger partial charge in [0, 0.05) is 22.1 Å². The summed E-state index contributed by atoms with van der Waals surface area (Å²) in [7, 11) is 0. The highest BCUT2D eigenvalue weighted by molar-refractivity contribution is 6.15. The van der Waals surface area contributed by atoms with Gasteiger partial charge >= 0.3 is 0 Å². The van der Waals surface area contributed by atoms with Crippen LogP contribution in [0.15, 0.2) is 200 Å². The van der Waals surface area contributed by atoms with Crippen LogP contribution in [0.4, 0.5) is 17.1 Å². The third kappa shape index (κ3) is 4.41. The first-order valence-electron chi connectivity index (χ1n) is 19.4. The van der Waals surface area contributed by atoms with Crippen LogP contribution in [0.2, 0.25) is 0 Å². The van der Waals surface area contributed by atoms with E-state index in [2.05, 4.69) is 219 Å². The predicted octanol–water partition coefficient (Wildman–Crippen LogP) is 14.1. The lowest BCUT2D eigenvalue weighted by molar-refractivity contribution is 0.660. The summed E-state index contributed by atoms with van der Waals surface area (Å²) in [4.78, 5) is 2.57. The Kier molecular flexibility index (Phi) is 6.88. The normalized spacial score (nSPS) is 14.3. The van der Waals surface area contributed by atoms with Gasteiger partial charge in [-0.2, -0.15) is 0 Å². The van der Waals surface area contributed by atoms with Crippen molar-refractivity contribution in [1.29, 1.82) is 0 Å². The second-order valence-corrected chi connectivity index (χ2v) is 15.6. The van der Waals surface area contributed by atoms with Crippen molar-refractivity contribution in [3.05, 3.63) is 234 Å². The lowest BCUT2D eigenvalue weighted by Gasteiger charge is -2.35. The smallest absolute Gasteiger partial charge is 0.0714 e. The van der Waals surface area contributed by atoms with Crippen LogP contribution in [0.1, 0.15) is 47.2 Å². The Morgan fingerprint density at radius 2 is 0.927 bits per heavy atom. The minimum Gasteiger partial charge on any atom is -0.309 e. The standard InChI is InChI=1S/C54H39N/c1-53(2)46-28-15-13-25-42(46)43-33-32-39(35-49(43)53)55(51-34-36-18-9-10-23-40(36)41-24-11-12-26-44(41)51)50-31-17-30-48-52(50)45-27-14-16-29-47(45)54(48,37-19-5-3-6-20-37)38-21-7-4-8-22-38/h3-35H,1-2H3. The van der Waals surface area contributed by atoms with E-state index in [0.29, 0.717) is 0 Å². The molecule has 55 heavy (non-hydrogen) atoms. The van der Waals surface area contributed by atoms with Crippen LogP contribution in [0.25, 0.3) is 43.8 Å². The summed E-state index contributed by atoms with van der Waals surface area (Å²) in [6.45, 7) is 4.75. The van der Waals surface area contributed by atoms with Crippen molar-refractivity contribution in [3.63, 3.8) is 0 Å². The Hall–Kier alpha value is -6.70. The molecule has 11 rings (SSSR count). The van der Waals surface area contributed by atoms with E-state index in [1.54, 1.807) is 0 Å². The summed E-state index contributed by atoms with van der Waals surface area (Å²) in [5.74, 6) is 0. The lowest BCUT2D eigenvalue weighted by Crippen LogP contribution is -2.28. The van der Waals surface area contributed by atoms with E-state index in [4.69, 9.17) is 0 Å². The van der Waals surface area contributed by atoms with Gasteiger partial charge in [-0.1, -0.05) is 190 Å². The fourth-order valence-electron chi connectivity index (χ4n) is 10.1. The van der Waals surface area contributed by atoms with Crippen molar-refractivity contribution >= 4 is 38.6 Å². The molecule has 9 aromatic carbocycles. The molecule has 0 aromatic heterocycles. The summed E-state index contributed by atoms with van der Waals surface area (Å²) >= 11 is 0. The van der Waals surface area contributed by atoms with Crippen molar-refractivity contribution in [2.24, 2.45) is 0 Å². The molecule has 0 atom stereocenters. The molecule has 1 nitrogen and oxygen atoms in total. The van der Waals surface area contributed by atoms with Gasteiger partial charge < -0.3 is 4.90 Å². The van der Waals surface area contributed by atoms with Crippen LogP contribution in [0.3, 0.4) is 0 Å². The largest absolute Gasteiger partial charge is 0.309 e. The molecule has 0 amide bonds. The highest BCUT2D eigenvalue weighted by Gasteiger charge is 2.47. The number of benzene rings is 9. The van der Waals surface area contributed by atoms with E-state index >= 15 is 0 Å². The molecule has 0 heterocycles. The van der Waals surface area contributed by atoms with Gasteiger partial charge in [-0.3, -0.25) is 0 Å². The highest BCUT2D eigenvalue weighted by atomic mass is 15.1. The third-order valence-corrected chi connectivity index (χ3v) is 12.5. The van der Waals surface area contributed by atoms with Crippen LogP contribution in [0, 0.1) is 0 Å². The molecule has 0 bridgehead atoms. The molecule has 0 N–H and O–H groups in total. The Morgan fingerprint density at radius 1 is 0.364 bits per heavy atom. The van der Waals surface area contributed by atoms with E-state index in [-0.39, 0.29) is 5.41 Å². The molecular weight excluding hydrogens is 663 g/mol. The first-order valence-corrected chi connectivity index (χ1v) is 19.4. The topological polar surface area (TPSA) is 3.24 Å². The van der Waals surface area contributed by atoms with Crippen molar-refractivity contribution in [3.8, 4) is 22.3 Å². The molecule has 0 saturated carbocycles. The molecule has 9 aromatic rings. The summed E-state index contributed by atoms with van der Waals surface area (Å²) in [5.41, 5.74) is 15.9. The van der Waals surface area contributed by atoms with Gasteiger partial charge in [0.2, 0.25) is 0 Å². The number of anilines is 3. The van der Waals surface area contributed by atoms with Crippen molar-refractivity contribution in [2.75, 3.05) is 4.90 Å².